The lowest BCUT2D eigenvalue weighted by atomic mass is 10.2. The van der Waals surface area contributed by atoms with Gasteiger partial charge in [0.15, 0.2) is 13.2 Å². The molecule has 59 heavy (non-hydrogen) atoms. The van der Waals surface area contributed by atoms with Gasteiger partial charge in [0, 0.05) is 23.2 Å². The third-order valence-electron chi connectivity index (χ3n) is 6.08. The first-order chi connectivity index (χ1) is 27.1. The van der Waals surface area contributed by atoms with Gasteiger partial charge in [-0.15, -0.1) is 0 Å². The molecule has 0 spiro atoms. The number of ether oxygens (including phenoxy) is 2. The fraction of sp³-hybridized carbons (Fsp3) is 0.118. The fourth-order valence-corrected chi connectivity index (χ4v) is 8.10. The van der Waals surface area contributed by atoms with Gasteiger partial charge >= 0.3 is 29.8 Å². The zero-order valence-electron chi connectivity index (χ0n) is 28.2. The Morgan fingerprint density at radius 2 is 1.05 bits per heavy atom. The highest BCUT2D eigenvalue weighted by Crippen LogP contribution is 2.28. The Morgan fingerprint density at radius 3 is 1.47 bits per heavy atom. The van der Waals surface area contributed by atoms with Crippen molar-refractivity contribution in [2.45, 2.75) is 11.8 Å². The average molecular weight is 1520 g/mol. The van der Waals surface area contributed by atoms with Crippen molar-refractivity contribution in [2.75, 3.05) is 13.2 Å². The van der Waals surface area contributed by atoms with E-state index >= 15 is 0 Å². The molecule has 4 rings (SSSR count). The van der Waals surface area contributed by atoms with Gasteiger partial charge < -0.3 is 54.5 Å². The van der Waals surface area contributed by atoms with Crippen LogP contribution in [0.4, 0.5) is 17.6 Å². The molecule has 0 bridgehead atoms. The molecule has 0 saturated carbocycles. The molecule has 0 fully saturated rings. The maximum atomic E-state index is 12.7. The van der Waals surface area contributed by atoms with Crippen molar-refractivity contribution in [2.24, 2.45) is 0 Å². The molecule has 25 heteroatoms. The molecular weight excluding hydrogens is 1500 g/mol. The number of phenolic OH excluding ortho intramolecular Hbond substituents is 1. The quantitative estimate of drug-likeness (QED) is 0.0894. The van der Waals surface area contributed by atoms with Gasteiger partial charge in [-0.3, -0.25) is 0 Å². The molecule has 0 amide bonds. The van der Waals surface area contributed by atoms with Crippen molar-refractivity contribution < 1.29 is 86.4 Å². The number of phenols is 1. The van der Waals surface area contributed by atoms with Crippen LogP contribution in [0.5, 0.6) is 11.5 Å². The number of aromatic carboxylic acids is 2. The summed E-state index contributed by atoms with van der Waals surface area (Å²) in [7, 11) is 0. The molecule has 4 aromatic rings. The highest BCUT2D eigenvalue weighted by atomic mass is 127. The number of esters is 2. The van der Waals surface area contributed by atoms with Crippen molar-refractivity contribution in [3.63, 3.8) is 0 Å². The van der Waals surface area contributed by atoms with Gasteiger partial charge in [0.2, 0.25) is 0 Å². The van der Waals surface area contributed by atoms with E-state index in [1.165, 1.54) is 42.5 Å². The van der Waals surface area contributed by atoms with E-state index in [-0.39, 0.29) is 22.3 Å². The summed E-state index contributed by atoms with van der Waals surface area (Å²) in [4.78, 5) is 63.8. The van der Waals surface area contributed by atoms with E-state index in [9.17, 15) is 71.9 Å². The number of carboxylic acids is 4. The summed E-state index contributed by atoms with van der Waals surface area (Å²) in [6.45, 7) is -3.21. The highest BCUT2D eigenvalue weighted by molar-refractivity contribution is 14.1. The number of hydrogen-bond acceptors (Lipinski definition) is 13. The van der Waals surface area contributed by atoms with Gasteiger partial charge in [-0.2, -0.15) is 17.6 Å². The lowest BCUT2D eigenvalue weighted by Gasteiger charge is -2.17. The Morgan fingerprint density at radius 1 is 0.627 bits per heavy atom. The molecule has 0 aliphatic carbocycles. The molecule has 0 aliphatic rings. The lowest BCUT2D eigenvalue weighted by molar-refractivity contribution is -0.332. The Bertz CT molecular complexity index is 2120. The summed E-state index contributed by atoms with van der Waals surface area (Å²) >= 11 is 15.7. The van der Waals surface area contributed by atoms with Gasteiger partial charge in [-0.1, -0.05) is 55.8 Å². The second-order valence-corrected chi connectivity index (χ2v) is 18.1. The standard InChI is InChI=1S/C10H5F2I3O4.C10H6F2I2O5.C7H5BrO3.C7H5BrO2/c2*11-10(12,9(17)18)3-19-8(16)5-1-4(13)2-6(14)7(5)15;8-4-1-2-5(7(10)11)6(9)3-4;8-6-3-1-5(2-4-6)7(9)10/h1-2H,3H2,(H,17,18);1-2,15H,3H2,(H,17,18);1-3,9H,(H,10,11);1-4H,(H,9,10)/p-4. The van der Waals surface area contributed by atoms with Crippen molar-refractivity contribution >= 4 is 181 Å². The van der Waals surface area contributed by atoms with Gasteiger partial charge in [-0.25, -0.2) is 14.4 Å². The number of hydrogen-bond donors (Lipinski definition) is 2. The molecule has 4 aromatic carbocycles. The SMILES string of the molecule is O=C(O)c1ccc(Br)cc1[O-].O=C(OCC(F)(F)C(=O)[O-])c1cc(I)cc(I)c1I.O=C(OCC(F)(F)C(=O)[O-])c1cc(I)cc(I)c1O.O=C([O-])c1ccc(Br)cc1. The third-order valence-corrected chi connectivity index (χ3v) is 12.2. The van der Waals surface area contributed by atoms with Crippen molar-refractivity contribution in [3.8, 4) is 11.5 Å². The molecular formula is C34H17Br2F4I5O14-4. The van der Waals surface area contributed by atoms with E-state index in [2.05, 4.69) is 41.3 Å². The van der Waals surface area contributed by atoms with Crippen LogP contribution in [0.15, 0.2) is 75.7 Å². The monoisotopic (exact) mass is 1520 g/mol. The van der Waals surface area contributed by atoms with Crippen LogP contribution in [0.2, 0.25) is 0 Å². The van der Waals surface area contributed by atoms with E-state index in [0.717, 1.165) is 11.6 Å². The van der Waals surface area contributed by atoms with E-state index in [0.29, 0.717) is 15.2 Å². The molecule has 14 nitrogen and oxygen atoms in total. The first kappa shape index (κ1) is 54.6. The Hall–Kier alpha value is -2.37. The number of rotatable bonds is 10. The molecule has 0 radical (unpaired) electrons. The van der Waals surface area contributed by atoms with Gasteiger partial charge in [0.05, 0.1) is 20.7 Å². The third kappa shape index (κ3) is 18.6. The smallest absolute Gasteiger partial charge is 0.342 e. The molecule has 0 saturated heterocycles. The maximum absolute atomic E-state index is 12.7. The van der Waals surface area contributed by atoms with Crippen LogP contribution in [0, 0.1) is 17.9 Å². The van der Waals surface area contributed by atoms with E-state index in [1.54, 1.807) is 46.9 Å². The second-order valence-electron chi connectivity index (χ2n) is 10.4. The number of carbonyl (C=O) groups excluding carboxylic acids is 5. The van der Waals surface area contributed by atoms with Crippen LogP contribution in [-0.2, 0) is 19.1 Å². The van der Waals surface area contributed by atoms with Crippen molar-refractivity contribution in [1.29, 1.82) is 0 Å². The molecule has 2 N–H and O–H groups in total. The second kappa shape index (κ2) is 24.9. The number of benzene rings is 4. The van der Waals surface area contributed by atoms with Gasteiger partial charge in [0.1, 0.15) is 23.3 Å². The maximum Gasteiger partial charge on any atom is 0.342 e. The van der Waals surface area contributed by atoms with E-state index < -0.39 is 72.4 Å². The highest BCUT2D eigenvalue weighted by Gasteiger charge is 2.34. The molecule has 0 aromatic heterocycles. The predicted octanol–water partition coefficient (Wildman–Crippen LogP) is 5.22. The van der Waals surface area contributed by atoms with Crippen LogP contribution in [0.25, 0.3) is 0 Å². The van der Waals surface area contributed by atoms with Crippen molar-refractivity contribution in [1.82, 2.24) is 0 Å². The van der Waals surface area contributed by atoms with Crippen LogP contribution in [0.3, 0.4) is 0 Å². The Labute approximate surface area is 414 Å². The molecule has 0 heterocycles. The number of halogens is 11. The molecule has 318 valence electrons. The van der Waals surface area contributed by atoms with Crippen LogP contribution >= 0.6 is 145 Å². The van der Waals surface area contributed by atoms with E-state index in [4.69, 9.17) is 5.11 Å². The van der Waals surface area contributed by atoms with Crippen LogP contribution in [0.1, 0.15) is 41.4 Å². The Balaban J connectivity index is 0.000000408. The predicted molar refractivity (Wildman–Crippen MR) is 238 cm³/mol. The van der Waals surface area contributed by atoms with Gasteiger partial charge in [-0.05, 0) is 167 Å². The van der Waals surface area contributed by atoms with Crippen LogP contribution in [-0.4, -0.2) is 71.1 Å². The number of alkyl halides is 4. The number of carboxylic acid groups (broad SMARTS) is 4. The van der Waals surface area contributed by atoms with Crippen molar-refractivity contribution in [3.05, 3.63) is 116 Å². The van der Waals surface area contributed by atoms with Crippen LogP contribution < -0.4 is 20.4 Å². The zero-order chi connectivity index (χ0) is 45.6. The minimum Gasteiger partial charge on any atom is -0.872 e. The van der Waals surface area contributed by atoms with Gasteiger partial charge in [0.25, 0.3) is 0 Å². The topological polar surface area (TPSA) is 254 Å². The summed E-state index contributed by atoms with van der Waals surface area (Å²) in [5.74, 6) is -19.2. The summed E-state index contributed by atoms with van der Waals surface area (Å²) < 4.78 is 63.7. The lowest BCUT2D eigenvalue weighted by Crippen LogP contribution is -2.45. The number of carbonyl (C=O) groups is 6. The first-order valence-corrected chi connectivity index (χ1v) is 21.6. The molecule has 0 unspecified atom stereocenters. The normalized spacial score (nSPS) is 10.6. The first-order valence-electron chi connectivity index (χ1n) is 14.6. The number of aliphatic carboxylic acids is 2. The minimum absolute atomic E-state index is 0.117. The van der Waals surface area contributed by atoms with E-state index in [1.807, 2.05) is 90.4 Å². The summed E-state index contributed by atoms with van der Waals surface area (Å²) in [6, 6.07) is 16.4. The molecule has 0 atom stereocenters. The number of aromatic hydroxyl groups is 1. The summed E-state index contributed by atoms with van der Waals surface area (Å²) in [5.41, 5.74) is -0.201. The minimum atomic E-state index is -4.28. The average Bonchev–Trinajstić information content (AvgIpc) is 3.13. The zero-order valence-corrected chi connectivity index (χ0v) is 42.2. The molecule has 0 aliphatic heterocycles. The fourth-order valence-electron chi connectivity index (χ4n) is 3.27. The Kier molecular flexibility index (Phi) is 23.1. The summed E-state index contributed by atoms with van der Waals surface area (Å²) in [6.07, 6.45) is 0. The summed E-state index contributed by atoms with van der Waals surface area (Å²) in [5, 5.41) is 59.2. The largest absolute Gasteiger partial charge is 0.872 e.